The van der Waals surface area contributed by atoms with Gasteiger partial charge in [-0.3, -0.25) is 4.79 Å². The lowest BCUT2D eigenvalue weighted by Gasteiger charge is -1.97. The SMILES string of the molecule is Cc1cc(C)c2nc3s/c(=C\c4sccc4C)c(=O)n3c2c1. The van der Waals surface area contributed by atoms with Gasteiger partial charge in [0, 0.05) is 4.88 Å². The second-order valence-corrected chi connectivity index (χ2v) is 7.52. The first-order chi connectivity index (χ1) is 10.5. The molecule has 1 aromatic carbocycles. The van der Waals surface area contributed by atoms with Crippen LogP contribution in [0.15, 0.2) is 28.4 Å². The van der Waals surface area contributed by atoms with Crippen LogP contribution in [0.5, 0.6) is 0 Å². The van der Waals surface area contributed by atoms with Gasteiger partial charge in [0.1, 0.15) is 0 Å². The van der Waals surface area contributed by atoms with Gasteiger partial charge in [-0.2, -0.15) is 0 Å². The summed E-state index contributed by atoms with van der Waals surface area (Å²) >= 11 is 3.12. The van der Waals surface area contributed by atoms with Gasteiger partial charge in [0.15, 0.2) is 4.96 Å². The van der Waals surface area contributed by atoms with Crippen molar-refractivity contribution in [3.05, 3.63) is 60.0 Å². The minimum atomic E-state index is 0.0281. The molecule has 0 aliphatic heterocycles. The van der Waals surface area contributed by atoms with E-state index in [1.165, 1.54) is 16.9 Å². The van der Waals surface area contributed by atoms with Gasteiger partial charge < -0.3 is 0 Å². The number of hydrogen-bond acceptors (Lipinski definition) is 4. The molecule has 0 radical (unpaired) electrons. The van der Waals surface area contributed by atoms with Gasteiger partial charge in [0.25, 0.3) is 5.56 Å². The summed E-state index contributed by atoms with van der Waals surface area (Å²) in [5, 5.41) is 2.05. The van der Waals surface area contributed by atoms with Crippen LogP contribution in [0.2, 0.25) is 0 Å². The number of aromatic nitrogens is 2. The van der Waals surface area contributed by atoms with Crippen molar-refractivity contribution in [2.45, 2.75) is 20.8 Å². The van der Waals surface area contributed by atoms with E-state index in [4.69, 9.17) is 0 Å². The van der Waals surface area contributed by atoms with Crippen LogP contribution in [0.4, 0.5) is 0 Å². The topological polar surface area (TPSA) is 34.4 Å². The molecule has 0 amide bonds. The standard InChI is InChI=1S/C17H14N2OS2/c1-9-6-11(3)15-12(7-9)19-16(20)14(22-17(19)18-15)8-13-10(2)4-5-21-13/h4-8H,1-3H3/b14-8-. The van der Waals surface area contributed by atoms with Crippen LogP contribution in [-0.2, 0) is 0 Å². The molecule has 0 bridgehead atoms. The number of imidazole rings is 1. The van der Waals surface area contributed by atoms with Gasteiger partial charge in [0.2, 0.25) is 0 Å². The number of rotatable bonds is 1. The summed E-state index contributed by atoms with van der Waals surface area (Å²) in [5.74, 6) is 0. The summed E-state index contributed by atoms with van der Waals surface area (Å²) < 4.78 is 2.49. The zero-order valence-electron chi connectivity index (χ0n) is 12.5. The van der Waals surface area contributed by atoms with E-state index in [0.29, 0.717) is 0 Å². The van der Waals surface area contributed by atoms with Crippen LogP contribution in [0, 0.1) is 20.8 Å². The van der Waals surface area contributed by atoms with E-state index in [1.807, 2.05) is 31.4 Å². The van der Waals surface area contributed by atoms with Gasteiger partial charge in [-0.1, -0.05) is 17.4 Å². The number of fused-ring (bicyclic) bond motifs is 3. The highest BCUT2D eigenvalue weighted by atomic mass is 32.1. The summed E-state index contributed by atoms with van der Waals surface area (Å²) in [6.45, 7) is 6.15. The molecule has 0 N–H and O–H groups in total. The minimum Gasteiger partial charge on any atom is -0.267 e. The minimum absolute atomic E-state index is 0.0281. The zero-order valence-corrected chi connectivity index (χ0v) is 14.1. The molecular weight excluding hydrogens is 312 g/mol. The smallest absolute Gasteiger partial charge is 0.267 e. The van der Waals surface area contributed by atoms with Gasteiger partial charge in [-0.05, 0) is 61.1 Å². The zero-order chi connectivity index (χ0) is 15.4. The molecular formula is C17H14N2OS2. The number of benzene rings is 1. The first kappa shape index (κ1) is 13.7. The van der Waals surface area contributed by atoms with E-state index in [2.05, 4.69) is 24.0 Å². The molecule has 0 saturated heterocycles. The third-order valence-electron chi connectivity index (χ3n) is 3.84. The second kappa shape index (κ2) is 4.76. The summed E-state index contributed by atoms with van der Waals surface area (Å²) in [6.07, 6.45) is 1.98. The van der Waals surface area contributed by atoms with Crippen molar-refractivity contribution in [3.63, 3.8) is 0 Å². The lowest BCUT2D eigenvalue weighted by atomic mass is 10.1. The van der Waals surface area contributed by atoms with E-state index in [9.17, 15) is 4.79 Å². The van der Waals surface area contributed by atoms with Crippen molar-refractivity contribution in [2.75, 3.05) is 0 Å². The Hall–Kier alpha value is -1.98. The van der Waals surface area contributed by atoms with Crippen molar-refractivity contribution < 1.29 is 0 Å². The fourth-order valence-electron chi connectivity index (χ4n) is 2.76. The Morgan fingerprint density at radius 3 is 2.73 bits per heavy atom. The van der Waals surface area contributed by atoms with Crippen molar-refractivity contribution in [1.82, 2.24) is 9.38 Å². The van der Waals surface area contributed by atoms with Gasteiger partial charge in [-0.15, -0.1) is 11.3 Å². The van der Waals surface area contributed by atoms with Crippen LogP contribution in [0.25, 0.3) is 22.1 Å². The number of thiophene rings is 1. The van der Waals surface area contributed by atoms with Crippen molar-refractivity contribution in [2.24, 2.45) is 0 Å². The van der Waals surface area contributed by atoms with E-state index < -0.39 is 0 Å². The molecule has 0 saturated carbocycles. The maximum Gasteiger partial charge on any atom is 0.274 e. The number of nitrogens with zero attached hydrogens (tertiary/aromatic N) is 2. The van der Waals surface area contributed by atoms with Crippen LogP contribution in [0.1, 0.15) is 21.6 Å². The Balaban J connectivity index is 2.09. The number of aryl methyl sites for hydroxylation is 3. The Morgan fingerprint density at radius 2 is 2.00 bits per heavy atom. The normalized spacial score (nSPS) is 12.8. The molecule has 0 spiro atoms. The fraction of sp³-hybridized carbons (Fsp3) is 0.176. The number of thiazole rings is 1. The highest BCUT2D eigenvalue weighted by Crippen LogP contribution is 2.22. The lowest BCUT2D eigenvalue weighted by Crippen LogP contribution is -2.22. The molecule has 4 rings (SSSR count). The maximum atomic E-state index is 12.8. The third-order valence-corrected chi connectivity index (χ3v) is 5.78. The third kappa shape index (κ3) is 1.93. The maximum absolute atomic E-state index is 12.8. The molecule has 0 aliphatic rings. The second-order valence-electron chi connectivity index (χ2n) is 5.56. The predicted octanol–water partition coefficient (Wildman–Crippen LogP) is 3.44. The first-order valence-electron chi connectivity index (χ1n) is 7.02. The van der Waals surface area contributed by atoms with Crippen molar-refractivity contribution >= 4 is 44.7 Å². The molecule has 3 nitrogen and oxygen atoms in total. The predicted molar refractivity (Wildman–Crippen MR) is 94.2 cm³/mol. The van der Waals surface area contributed by atoms with Crippen molar-refractivity contribution in [3.8, 4) is 0 Å². The average Bonchev–Trinajstić information content (AvgIpc) is 3.09. The van der Waals surface area contributed by atoms with E-state index >= 15 is 0 Å². The van der Waals surface area contributed by atoms with E-state index in [1.54, 1.807) is 15.7 Å². The summed E-state index contributed by atoms with van der Waals surface area (Å²) in [5.41, 5.74) is 5.33. The van der Waals surface area contributed by atoms with Crippen LogP contribution >= 0.6 is 22.7 Å². The molecule has 3 heterocycles. The van der Waals surface area contributed by atoms with Gasteiger partial charge in [0.05, 0.1) is 15.6 Å². The molecule has 0 atom stereocenters. The Bertz CT molecular complexity index is 1130. The Kier molecular flexibility index (Phi) is 2.96. The molecule has 0 fully saturated rings. The average molecular weight is 326 g/mol. The molecule has 5 heteroatoms. The molecule has 0 unspecified atom stereocenters. The Labute approximate surface area is 135 Å². The quantitative estimate of drug-likeness (QED) is 0.537. The lowest BCUT2D eigenvalue weighted by molar-refractivity contribution is 1.19. The van der Waals surface area contributed by atoms with E-state index in [-0.39, 0.29) is 5.56 Å². The highest BCUT2D eigenvalue weighted by Gasteiger charge is 2.13. The van der Waals surface area contributed by atoms with Gasteiger partial charge >= 0.3 is 0 Å². The van der Waals surface area contributed by atoms with Crippen LogP contribution in [0.3, 0.4) is 0 Å². The summed E-state index contributed by atoms with van der Waals surface area (Å²) in [7, 11) is 0. The molecule has 22 heavy (non-hydrogen) atoms. The largest absolute Gasteiger partial charge is 0.274 e. The monoisotopic (exact) mass is 326 g/mol. The van der Waals surface area contributed by atoms with Gasteiger partial charge in [-0.25, -0.2) is 9.38 Å². The first-order valence-corrected chi connectivity index (χ1v) is 8.72. The molecule has 110 valence electrons. The summed E-state index contributed by atoms with van der Waals surface area (Å²) in [6, 6.07) is 6.21. The molecule has 3 aromatic heterocycles. The molecule has 4 aromatic rings. The number of hydrogen-bond donors (Lipinski definition) is 0. The van der Waals surface area contributed by atoms with Crippen molar-refractivity contribution in [1.29, 1.82) is 0 Å². The van der Waals surface area contributed by atoms with Crippen LogP contribution < -0.4 is 10.1 Å². The summed E-state index contributed by atoms with van der Waals surface area (Å²) in [4.78, 5) is 19.3. The van der Waals surface area contributed by atoms with E-state index in [0.717, 1.165) is 36.5 Å². The van der Waals surface area contributed by atoms with Crippen LogP contribution in [-0.4, -0.2) is 9.38 Å². The highest BCUT2D eigenvalue weighted by molar-refractivity contribution is 7.15. The molecule has 0 aliphatic carbocycles. The Morgan fingerprint density at radius 1 is 1.18 bits per heavy atom. The fourth-order valence-corrected chi connectivity index (χ4v) is 4.66.